The molecule has 0 aliphatic heterocycles. The number of allylic oxidation sites excluding steroid dienone is 6. The Balaban J connectivity index is 2.50. The SMILES string of the molecule is C/C=C\C=C/C(=C(C)CC)c1nc(Nc2cc(C)[nH]n2)cc(N(C)CCN(C)C)n1. The van der Waals surface area contributed by atoms with Gasteiger partial charge in [0, 0.05) is 43.5 Å². The van der Waals surface area contributed by atoms with E-state index in [2.05, 4.69) is 66.4 Å². The van der Waals surface area contributed by atoms with Crippen molar-refractivity contribution in [2.45, 2.75) is 34.1 Å². The van der Waals surface area contributed by atoms with Gasteiger partial charge in [-0.3, -0.25) is 5.10 Å². The molecule has 30 heavy (non-hydrogen) atoms. The maximum Gasteiger partial charge on any atom is 0.163 e. The second-order valence-electron chi connectivity index (χ2n) is 7.65. The van der Waals surface area contributed by atoms with Crippen molar-refractivity contribution >= 4 is 23.0 Å². The van der Waals surface area contributed by atoms with Crippen molar-refractivity contribution in [3.05, 3.63) is 53.5 Å². The van der Waals surface area contributed by atoms with Crippen LogP contribution in [0.15, 0.2) is 42.0 Å². The van der Waals surface area contributed by atoms with Crippen molar-refractivity contribution in [2.75, 3.05) is 44.4 Å². The lowest BCUT2D eigenvalue weighted by atomic mass is 10.1. The molecule has 0 aliphatic rings. The van der Waals surface area contributed by atoms with Crippen LogP contribution in [-0.4, -0.2) is 59.3 Å². The minimum absolute atomic E-state index is 0.707. The van der Waals surface area contributed by atoms with Crippen LogP contribution >= 0.6 is 0 Å². The number of likely N-dealkylation sites (N-methyl/N-ethyl adjacent to an activating group) is 2. The van der Waals surface area contributed by atoms with Gasteiger partial charge < -0.3 is 15.1 Å². The number of aromatic nitrogens is 4. The lowest BCUT2D eigenvalue weighted by Crippen LogP contribution is -2.29. The standard InChI is InChI=1S/C23H35N7/c1-8-10-11-12-19(17(3)9-2)23-25-20(24-21-15-18(4)27-28-21)16-22(26-23)30(7)14-13-29(5)6/h8,10-12,15-16H,9,13-14H2,1-7H3,(H2,24,25,26,27,28)/b10-8-,12-11-,19-17?. The molecule has 0 spiro atoms. The normalized spacial score (nSPS) is 12.8. The van der Waals surface area contributed by atoms with Gasteiger partial charge in [0.05, 0.1) is 0 Å². The molecule has 162 valence electrons. The first-order valence-electron chi connectivity index (χ1n) is 10.4. The molecule has 0 aromatic carbocycles. The van der Waals surface area contributed by atoms with E-state index >= 15 is 0 Å². The summed E-state index contributed by atoms with van der Waals surface area (Å²) in [4.78, 5) is 14.0. The quantitative estimate of drug-likeness (QED) is 0.560. The Morgan fingerprint density at radius 2 is 1.87 bits per heavy atom. The highest BCUT2D eigenvalue weighted by Gasteiger charge is 2.13. The van der Waals surface area contributed by atoms with Crippen LogP contribution in [0.3, 0.4) is 0 Å². The second-order valence-corrected chi connectivity index (χ2v) is 7.65. The van der Waals surface area contributed by atoms with E-state index in [1.807, 2.05) is 44.2 Å². The highest BCUT2D eigenvalue weighted by Crippen LogP contribution is 2.25. The predicted molar refractivity (Wildman–Crippen MR) is 127 cm³/mol. The summed E-state index contributed by atoms with van der Waals surface area (Å²) in [6, 6.07) is 3.93. The van der Waals surface area contributed by atoms with Gasteiger partial charge in [0.15, 0.2) is 11.6 Å². The topological polar surface area (TPSA) is 73.0 Å². The average molecular weight is 410 g/mol. The largest absolute Gasteiger partial charge is 0.358 e. The number of aryl methyl sites for hydroxylation is 1. The van der Waals surface area contributed by atoms with Crippen LogP contribution in [0.25, 0.3) is 5.57 Å². The first-order chi connectivity index (χ1) is 14.3. The number of rotatable bonds is 10. The van der Waals surface area contributed by atoms with Crippen molar-refractivity contribution in [3.63, 3.8) is 0 Å². The van der Waals surface area contributed by atoms with E-state index < -0.39 is 0 Å². The zero-order valence-corrected chi connectivity index (χ0v) is 19.3. The van der Waals surface area contributed by atoms with Crippen molar-refractivity contribution in [1.82, 2.24) is 25.1 Å². The molecule has 2 heterocycles. The molecule has 0 saturated heterocycles. The van der Waals surface area contributed by atoms with Crippen molar-refractivity contribution in [1.29, 1.82) is 0 Å². The molecule has 7 heteroatoms. The predicted octanol–water partition coefficient (Wildman–Crippen LogP) is 4.57. The first kappa shape index (κ1) is 23.3. The maximum absolute atomic E-state index is 4.90. The highest BCUT2D eigenvalue weighted by molar-refractivity contribution is 5.74. The van der Waals surface area contributed by atoms with Gasteiger partial charge in [0.2, 0.25) is 0 Å². The van der Waals surface area contributed by atoms with E-state index in [0.29, 0.717) is 5.82 Å². The fourth-order valence-electron chi connectivity index (χ4n) is 2.75. The first-order valence-corrected chi connectivity index (χ1v) is 10.4. The molecule has 2 aromatic heterocycles. The van der Waals surface area contributed by atoms with Gasteiger partial charge in [-0.25, -0.2) is 9.97 Å². The molecule has 7 nitrogen and oxygen atoms in total. The van der Waals surface area contributed by atoms with Crippen molar-refractivity contribution < 1.29 is 0 Å². The van der Waals surface area contributed by atoms with E-state index in [0.717, 1.165) is 48.2 Å². The van der Waals surface area contributed by atoms with E-state index in [4.69, 9.17) is 9.97 Å². The van der Waals surface area contributed by atoms with Crippen LogP contribution in [0, 0.1) is 6.92 Å². The van der Waals surface area contributed by atoms with Crippen LogP contribution in [-0.2, 0) is 0 Å². The molecule has 2 aromatic rings. The minimum atomic E-state index is 0.707. The molecule has 0 atom stereocenters. The molecule has 2 rings (SSSR count). The summed E-state index contributed by atoms with van der Waals surface area (Å²) < 4.78 is 0. The smallest absolute Gasteiger partial charge is 0.163 e. The summed E-state index contributed by atoms with van der Waals surface area (Å²) in [5.74, 6) is 3.04. The maximum atomic E-state index is 4.90. The van der Waals surface area contributed by atoms with Gasteiger partial charge in [-0.05, 0) is 41.3 Å². The van der Waals surface area contributed by atoms with Crippen molar-refractivity contribution in [3.8, 4) is 0 Å². The summed E-state index contributed by atoms with van der Waals surface area (Å²) in [5, 5.41) is 10.6. The number of nitrogens with one attached hydrogen (secondary N) is 2. The lowest BCUT2D eigenvalue weighted by Gasteiger charge is -2.22. The summed E-state index contributed by atoms with van der Waals surface area (Å²) in [7, 11) is 6.21. The van der Waals surface area contributed by atoms with Gasteiger partial charge >= 0.3 is 0 Å². The number of hydrogen-bond acceptors (Lipinski definition) is 6. The number of hydrogen-bond donors (Lipinski definition) is 2. The Labute approximate surface area is 180 Å². The molecule has 0 aliphatic carbocycles. The molecular weight excluding hydrogens is 374 g/mol. The molecule has 2 N–H and O–H groups in total. The zero-order chi connectivity index (χ0) is 22.1. The van der Waals surface area contributed by atoms with Gasteiger partial charge in [0.1, 0.15) is 11.6 Å². The molecular formula is C23H35N7. The van der Waals surface area contributed by atoms with E-state index in [1.165, 1.54) is 5.57 Å². The van der Waals surface area contributed by atoms with E-state index in [1.54, 1.807) is 0 Å². The average Bonchev–Trinajstić information content (AvgIpc) is 3.13. The number of aromatic amines is 1. The Morgan fingerprint density at radius 1 is 1.10 bits per heavy atom. The molecule has 0 saturated carbocycles. The van der Waals surface area contributed by atoms with Crippen LogP contribution in [0.2, 0.25) is 0 Å². The third-order valence-corrected chi connectivity index (χ3v) is 4.75. The van der Waals surface area contributed by atoms with Gasteiger partial charge in [0.25, 0.3) is 0 Å². The Kier molecular flexibility index (Phi) is 8.80. The van der Waals surface area contributed by atoms with Gasteiger partial charge in [-0.1, -0.05) is 36.8 Å². The molecule has 0 amide bonds. The molecule has 0 bridgehead atoms. The Hall–Kier alpha value is -2.93. The van der Waals surface area contributed by atoms with Crippen LogP contribution in [0.5, 0.6) is 0 Å². The summed E-state index contributed by atoms with van der Waals surface area (Å²) in [5.41, 5.74) is 3.27. The van der Waals surface area contributed by atoms with Crippen molar-refractivity contribution in [2.24, 2.45) is 0 Å². The summed E-state index contributed by atoms with van der Waals surface area (Å²) in [6.45, 7) is 10.1. The second kappa shape index (κ2) is 11.3. The summed E-state index contributed by atoms with van der Waals surface area (Å²) in [6.07, 6.45) is 9.07. The van der Waals surface area contributed by atoms with Crippen LogP contribution in [0.1, 0.15) is 38.7 Å². The third kappa shape index (κ3) is 6.84. The third-order valence-electron chi connectivity index (χ3n) is 4.75. The molecule has 0 unspecified atom stereocenters. The van der Waals surface area contributed by atoms with Crippen LogP contribution < -0.4 is 10.2 Å². The number of anilines is 3. The monoisotopic (exact) mass is 409 g/mol. The zero-order valence-electron chi connectivity index (χ0n) is 19.3. The fraction of sp³-hybridized carbons (Fsp3) is 0.435. The lowest BCUT2D eigenvalue weighted by molar-refractivity contribution is 0.416. The number of H-pyrrole nitrogens is 1. The minimum Gasteiger partial charge on any atom is -0.358 e. The molecule has 0 fully saturated rings. The number of nitrogens with zero attached hydrogens (tertiary/aromatic N) is 5. The molecule has 0 radical (unpaired) electrons. The van der Waals surface area contributed by atoms with Crippen LogP contribution in [0.4, 0.5) is 17.5 Å². The highest BCUT2D eigenvalue weighted by atomic mass is 15.2. The Bertz CT molecular complexity index is 906. The summed E-state index contributed by atoms with van der Waals surface area (Å²) >= 11 is 0. The fourth-order valence-corrected chi connectivity index (χ4v) is 2.75. The van der Waals surface area contributed by atoms with Gasteiger partial charge in [-0.15, -0.1) is 0 Å². The van der Waals surface area contributed by atoms with Gasteiger partial charge in [-0.2, -0.15) is 5.10 Å². The van der Waals surface area contributed by atoms with E-state index in [-0.39, 0.29) is 0 Å². The van der Waals surface area contributed by atoms with E-state index in [9.17, 15) is 0 Å². The Morgan fingerprint density at radius 3 is 2.47 bits per heavy atom.